The van der Waals surface area contributed by atoms with Crippen LogP contribution >= 0.6 is 0 Å². The molecule has 0 aromatic heterocycles. The fourth-order valence-corrected chi connectivity index (χ4v) is 3.28. The normalized spacial score (nSPS) is 11.7. The highest BCUT2D eigenvalue weighted by molar-refractivity contribution is 6.11. The Morgan fingerprint density at radius 3 is 2.37 bits per heavy atom. The maximum atomic E-state index is 12.3. The molecular formula is C22H14N4O. The van der Waals surface area contributed by atoms with E-state index in [4.69, 9.17) is 4.98 Å². The predicted molar refractivity (Wildman–Crippen MR) is 106 cm³/mol. The molecule has 3 aromatic carbocycles. The van der Waals surface area contributed by atoms with Crippen molar-refractivity contribution in [1.29, 1.82) is 0 Å². The molecule has 0 saturated carbocycles. The van der Waals surface area contributed by atoms with Crippen molar-refractivity contribution in [2.24, 2.45) is 10.2 Å². The van der Waals surface area contributed by atoms with Crippen LogP contribution in [0.4, 0.5) is 5.69 Å². The van der Waals surface area contributed by atoms with Crippen LogP contribution in [-0.4, -0.2) is 15.9 Å². The van der Waals surface area contributed by atoms with Gasteiger partial charge >= 0.3 is 0 Å². The third kappa shape index (κ3) is 2.57. The monoisotopic (exact) mass is 350 g/mol. The van der Waals surface area contributed by atoms with Crippen molar-refractivity contribution in [3.05, 3.63) is 84.4 Å². The summed E-state index contributed by atoms with van der Waals surface area (Å²) in [7, 11) is 0. The molecule has 0 atom stereocenters. The van der Waals surface area contributed by atoms with Crippen LogP contribution in [0.3, 0.4) is 0 Å². The van der Waals surface area contributed by atoms with Gasteiger partial charge in [0, 0.05) is 16.3 Å². The molecule has 1 amide bonds. The molecular weight excluding hydrogens is 336 g/mol. The summed E-state index contributed by atoms with van der Waals surface area (Å²) in [5.74, 6) is -0.372. The molecule has 1 aliphatic heterocycles. The number of hydrogen-bond donors (Lipinski definition) is 1. The lowest BCUT2D eigenvalue weighted by Crippen LogP contribution is -1.92. The van der Waals surface area contributed by atoms with Gasteiger partial charge in [0.25, 0.3) is 5.91 Å². The van der Waals surface area contributed by atoms with Crippen molar-refractivity contribution in [2.75, 3.05) is 0 Å². The molecule has 0 unspecified atom stereocenters. The lowest BCUT2D eigenvalue weighted by molar-refractivity contribution is 0.0995. The minimum atomic E-state index is -0.372. The number of azo groups is 1. The zero-order chi connectivity index (χ0) is 18.2. The summed E-state index contributed by atoms with van der Waals surface area (Å²) in [6.45, 7) is 0. The second-order valence-corrected chi connectivity index (χ2v) is 6.24. The Balaban J connectivity index is 1.71. The van der Waals surface area contributed by atoms with E-state index in [2.05, 4.69) is 15.2 Å². The maximum Gasteiger partial charge on any atom is 0.295 e. The third-order valence-corrected chi connectivity index (χ3v) is 4.57. The number of aromatic nitrogens is 2. The summed E-state index contributed by atoms with van der Waals surface area (Å²) in [5.41, 5.74) is 4.53. The van der Waals surface area contributed by atoms with E-state index in [1.807, 2.05) is 54.6 Å². The first kappa shape index (κ1) is 15.4. The summed E-state index contributed by atoms with van der Waals surface area (Å²) in [6, 6.07) is 24.7. The van der Waals surface area contributed by atoms with E-state index < -0.39 is 0 Å². The Morgan fingerprint density at radius 1 is 0.815 bits per heavy atom. The molecule has 5 heteroatoms. The van der Waals surface area contributed by atoms with Gasteiger partial charge in [-0.3, -0.25) is 4.79 Å². The van der Waals surface area contributed by atoms with Gasteiger partial charge in [-0.2, -0.15) is 0 Å². The number of carbonyl (C=O) groups excluding carboxylic acids is 1. The predicted octanol–water partition coefficient (Wildman–Crippen LogP) is 5.75. The van der Waals surface area contributed by atoms with Crippen molar-refractivity contribution in [1.82, 2.24) is 9.97 Å². The molecule has 1 N–H and O–H groups in total. The van der Waals surface area contributed by atoms with Crippen molar-refractivity contribution in [2.45, 2.75) is 0 Å². The van der Waals surface area contributed by atoms with Crippen molar-refractivity contribution in [3.8, 4) is 11.4 Å². The Kier molecular flexibility index (Phi) is 3.50. The fraction of sp³-hybridized carbons (Fsp3) is 0. The second kappa shape index (κ2) is 6.14. The Bertz CT molecular complexity index is 1290. The first-order valence-corrected chi connectivity index (χ1v) is 8.61. The maximum absolute atomic E-state index is 12.3. The third-order valence-electron chi connectivity index (χ3n) is 4.57. The first-order valence-electron chi connectivity index (χ1n) is 8.61. The van der Waals surface area contributed by atoms with Crippen LogP contribution in [0, 0.1) is 0 Å². The fourth-order valence-electron chi connectivity index (χ4n) is 3.28. The molecule has 5 rings (SSSR count). The Hall–Kier alpha value is -3.86. The molecule has 0 radical (unpaired) electrons. The SMILES string of the molecule is O=C(N=Nc1c2[nH]c3ccccc3nc-2c2ccccc12)c1ccccc1. The van der Waals surface area contributed by atoms with E-state index in [-0.39, 0.29) is 5.91 Å². The number of benzene rings is 3. The molecule has 5 nitrogen and oxygen atoms in total. The van der Waals surface area contributed by atoms with E-state index in [1.54, 1.807) is 24.3 Å². The summed E-state index contributed by atoms with van der Waals surface area (Å²) < 4.78 is 0. The molecule has 3 aromatic rings. The van der Waals surface area contributed by atoms with Crippen LogP contribution in [-0.2, 0) is 0 Å². The molecule has 0 spiro atoms. The number of fused-ring (bicyclic) bond motifs is 4. The zero-order valence-electron chi connectivity index (χ0n) is 14.3. The topological polar surface area (TPSA) is 70.5 Å². The van der Waals surface area contributed by atoms with Crippen molar-refractivity contribution in [3.63, 3.8) is 0 Å². The minimum absolute atomic E-state index is 0.372. The summed E-state index contributed by atoms with van der Waals surface area (Å²) in [4.78, 5) is 20.5. The summed E-state index contributed by atoms with van der Waals surface area (Å²) in [6.07, 6.45) is 0. The number of rotatable bonds is 2. The highest BCUT2D eigenvalue weighted by Gasteiger charge is 2.20. The van der Waals surface area contributed by atoms with Gasteiger partial charge in [0.05, 0.1) is 22.4 Å². The van der Waals surface area contributed by atoms with E-state index >= 15 is 0 Å². The first-order chi connectivity index (χ1) is 13.3. The highest BCUT2D eigenvalue weighted by atomic mass is 16.1. The molecule has 1 aliphatic carbocycles. The average molecular weight is 350 g/mol. The molecule has 0 fully saturated rings. The number of para-hydroxylation sites is 2. The summed E-state index contributed by atoms with van der Waals surface area (Å²) in [5, 5.41) is 10.2. The lowest BCUT2D eigenvalue weighted by Gasteiger charge is -2.04. The molecule has 0 saturated heterocycles. The minimum Gasteiger partial charge on any atom is -0.350 e. The second-order valence-electron chi connectivity index (χ2n) is 6.24. The smallest absolute Gasteiger partial charge is 0.295 e. The van der Waals surface area contributed by atoms with Crippen LogP contribution in [0.2, 0.25) is 0 Å². The van der Waals surface area contributed by atoms with Crippen molar-refractivity contribution < 1.29 is 4.79 Å². The lowest BCUT2D eigenvalue weighted by atomic mass is 10.2. The number of hydrogen-bond acceptors (Lipinski definition) is 3. The molecule has 0 bridgehead atoms. The Morgan fingerprint density at radius 2 is 1.52 bits per heavy atom. The van der Waals surface area contributed by atoms with E-state index in [0.29, 0.717) is 11.3 Å². The molecule has 27 heavy (non-hydrogen) atoms. The number of amides is 1. The number of H-pyrrole nitrogens is 1. The highest BCUT2D eigenvalue weighted by Crippen LogP contribution is 2.43. The van der Waals surface area contributed by atoms with E-state index in [9.17, 15) is 4.79 Å². The van der Waals surface area contributed by atoms with Gasteiger partial charge in [-0.25, -0.2) is 4.98 Å². The summed E-state index contributed by atoms with van der Waals surface area (Å²) >= 11 is 0. The van der Waals surface area contributed by atoms with Crippen LogP contribution < -0.4 is 0 Å². The van der Waals surface area contributed by atoms with Gasteiger partial charge in [-0.05, 0) is 24.3 Å². The van der Waals surface area contributed by atoms with Gasteiger partial charge in [0.1, 0.15) is 5.69 Å². The molecule has 1 heterocycles. The largest absolute Gasteiger partial charge is 0.350 e. The van der Waals surface area contributed by atoms with Gasteiger partial charge in [-0.15, -0.1) is 10.2 Å². The van der Waals surface area contributed by atoms with Crippen LogP contribution in [0.1, 0.15) is 10.4 Å². The number of aromatic amines is 1. The molecule has 2 aliphatic rings. The number of nitrogens with one attached hydrogen (secondary N) is 1. The van der Waals surface area contributed by atoms with Gasteiger partial charge in [0.15, 0.2) is 0 Å². The van der Waals surface area contributed by atoms with Crippen LogP contribution in [0.15, 0.2) is 89.1 Å². The van der Waals surface area contributed by atoms with Crippen LogP contribution in [0.25, 0.3) is 33.2 Å². The molecule has 128 valence electrons. The van der Waals surface area contributed by atoms with Crippen molar-refractivity contribution >= 4 is 33.4 Å². The number of carbonyl (C=O) groups is 1. The standard InChI is InChI=1S/C22H14N4O/c27-22(14-8-2-1-3-9-14)26-25-20-16-11-5-4-10-15(16)19-21(20)24-18-13-7-6-12-17(18)23-19/h1-13,24H. The Labute approximate surface area is 154 Å². The van der Waals surface area contributed by atoms with Gasteiger partial charge in [-0.1, -0.05) is 54.6 Å². The average Bonchev–Trinajstić information content (AvgIpc) is 3.04. The van der Waals surface area contributed by atoms with Gasteiger partial charge in [0.2, 0.25) is 0 Å². The van der Waals surface area contributed by atoms with E-state index in [0.717, 1.165) is 33.2 Å². The van der Waals surface area contributed by atoms with E-state index in [1.165, 1.54) is 0 Å². The van der Waals surface area contributed by atoms with Gasteiger partial charge < -0.3 is 4.98 Å². The van der Waals surface area contributed by atoms with Crippen LogP contribution in [0.5, 0.6) is 0 Å². The number of nitrogens with zero attached hydrogens (tertiary/aromatic N) is 3. The quantitative estimate of drug-likeness (QED) is 0.412. The zero-order valence-corrected chi connectivity index (χ0v) is 14.3.